The van der Waals surface area contributed by atoms with Crippen LogP contribution in [0.1, 0.15) is 12.0 Å². The summed E-state index contributed by atoms with van der Waals surface area (Å²) < 4.78 is 1.76. The van der Waals surface area contributed by atoms with E-state index in [9.17, 15) is 0 Å². The van der Waals surface area contributed by atoms with Gasteiger partial charge in [0.05, 0.1) is 0 Å². The number of benzene rings is 1. The Hall–Kier alpha value is -2.62. The normalized spacial score (nSPS) is 16.4. The monoisotopic (exact) mass is 503 g/mol. The smallest absolute Gasteiger partial charge is 0.191 e. The molecule has 1 saturated heterocycles. The summed E-state index contributed by atoms with van der Waals surface area (Å²) >= 11 is 0. The second kappa shape index (κ2) is 10.2. The summed E-state index contributed by atoms with van der Waals surface area (Å²) in [6.45, 7) is 2.70. The summed E-state index contributed by atoms with van der Waals surface area (Å²) in [4.78, 5) is 11.2. The van der Waals surface area contributed by atoms with E-state index in [0.29, 0.717) is 12.6 Å². The third kappa shape index (κ3) is 5.47. The van der Waals surface area contributed by atoms with Crippen LogP contribution in [0, 0.1) is 0 Å². The molecule has 0 saturated carbocycles. The van der Waals surface area contributed by atoms with E-state index in [-0.39, 0.29) is 24.0 Å². The van der Waals surface area contributed by atoms with E-state index in [0.717, 1.165) is 36.9 Å². The van der Waals surface area contributed by atoms with Gasteiger partial charge in [0.15, 0.2) is 11.8 Å². The molecule has 2 aromatic heterocycles. The molecule has 1 aliphatic heterocycles. The van der Waals surface area contributed by atoms with Crippen molar-refractivity contribution in [1.29, 1.82) is 0 Å². The Bertz CT molecular complexity index is 912. The Morgan fingerprint density at radius 1 is 1.17 bits per heavy atom. The topological polar surface area (TPSA) is 70.4 Å². The molecule has 1 aromatic carbocycles. The number of hydrogen-bond acceptors (Lipinski definition) is 4. The molecule has 0 amide bonds. The summed E-state index contributed by atoms with van der Waals surface area (Å²) in [6.07, 6.45) is 6.53. The van der Waals surface area contributed by atoms with Gasteiger partial charge in [-0.1, -0.05) is 18.2 Å². The van der Waals surface area contributed by atoms with Crippen molar-refractivity contribution in [2.45, 2.75) is 19.0 Å². The van der Waals surface area contributed by atoms with Crippen LogP contribution >= 0.6 is 24.0 Å². The molecule has 0 radical (unpaired) electrons. The molecule has 8 heteroatoms. The van der Waals surface area contributed by atoms with Gasteiger partial charge in [-0.05, 0) is 42.3 Å². The molecule has 29 heavy (non-hydrogen) atoms. The van der Waals surface area contributed by atoms with Crippen LogP contribution in [0.2, 0.25) is 0 Å². The maximum Gasteiger partial charge on any atom is 0.191 e. The van der Waals surface area contributed by atoms with Gasteiger partial charge in [-0.15, -0.1) is 24.0 Å². The molecule has 4 rings (SSSR count). The molecule has 0 spiro atoms. The molecule has 0 bridgehead atoms. The molecule has 3 aromatic rings. The van der Waals surface area contributed by atoms with E-state index in [4.69, 9.17) is 0 Å². The molecule has 7 nitrogen and oxygen atoms in total. The van der Waals surface area contributed by atoms with Gasteiger partial charge in [0.25, 0.3) is 0 Å². The third-order valence-electron chi connectivity index (χ3n) is 4.88. The van der Waals surface area contributed by atoms with Crippen molar-refractivity contribution in [2.75, 3.05) is 25.0 Å². The summed E-state index contributed by atoms with van der Waals surface area (Å²) in [5.74, 6) is 1.62. The fourth-order valence-corrected chi connectivity index (χ4v) is 3.43. The second-order valence-electron chi connectivity index (χ2n) is 6.81. The Morgan fingerprint density at radius 2 is 2.03 bits per heavy atom. The van der Waals surface area contributed by atoms with Gasteiger partial charge in [0, 0.05) is 57.0 Å². The molecular weight excluding hydrogens is 477 g/mol. The van der Waals surface area contributed by atoms with Crippen molar-refractivity contribution in [3.63, 3.8) is 0 Å². The standard InChI is InChI=1S/C21H25N7.HI/c1-22-21(26-18-9-13-27(16-18)19-6-3-2-4-7-19)24-15-17-8-11-23-20(14-17)28-12-5-10-25-28;/h2-8,10-12,14,18H,9,13,15-16H2,1H3,(H2,22,24,26);1H. The summed E-state index contributed by atoms with van der Waals surface area (Å²) in [6, 6.07) is 16.8. The van der Waals surface area contributed by atoms with E-state index < -0.39 is 0 Å². The Labute approximate surface area is 188 Å². The van der Waals surface area contributed by atoms with Crippen LogP contribution in [0.4, 0.5) is 5.69 Å². The highest BCUT2D eigenvalue weighted by Crippen LogP contribution is 2.19. The molecule has 2 N–H and O–H groups in total. The van der Waals surface area contributed by atoms with E-state index in [1.54, 1.807) is 24.1 Å². The Balaban J connectivity index is 0.00000240. The maximum absolute atomic E-state index is 4.38. The SMILES string of the molecule is CN=C(NCc1ccnc(-n2cccn2)c1)NC1CCN(c2ccccc2)C1.I. The van der Waals surface area contributed by atoms with E-state index >= 15 is 0 Å². The number of aromatic nitrogens is 3. The first-order chi connectivity index (χ1) is 13.8. The molecule has 0 aliphatic carbocycles. The second-order valence-corrected chi connectivity index (χ2v) is 6.81. The predicted octanol–water partition coefficient (Wildman–Crippen LogP) is 2.83. The average molecular weight is 503 g/mol. The van der Waals surface area contributed by atoms with Gasteiger partial charge < -0.3 is 15.5 Å². The molecule has 1 aliphatic rings. The molecule has 3 heterocycles. The Kier molecular flexibility index (Phi) is 7.45. The highest BCUT2D eigenvalue weighted by molar-refractivity contribution is 14.0. The number of rotatable bonds is 5. The first-order valence-electron chi connectivity index (χ1n) is 9.54. The van der Waals surface area contributed by atoms with Crippen molar-refractivity contribution in [1.82, 2.24) is 25.4 Å². The van der Waals surface area contributed by atoms with Gasteiger partial charge in [0.2, 0.25) is 0 Å². The van der Waals surface area contributed by atoms with Gasteiger partial charge in [0.1, 0.15) is 0 Å². The lowest BCUT2D eigenvalue weighted by atomic mass is 10.2. The number of guanidine groups is 1. The fraction of sp³-hybridized carbons (Fsp3) is 0.286. The number of anilines is 1. The molecule has 152 valence electrons. The molecular formula is C21H26IN7. The van der Waals surface area contributed by atoms with Crippen molar-refractivity contribution < 1.29 is 0 Å². The van der Waals surface area contributed by atoms with Crippen LogP contribution in [0.3, 0.4) is 0 Å². The van der Waals surface area contributed by atoms with Crippen LogP contribution in [-0.4, -0.2) is 46.9 Å². The van der Waals surface area contributed by atoms with Crippen molar-refractivity contribution in [3.8, 4) is 5.82 Å². The number of nitrogens with one attached hydrogen (secondary N) is 2. The van der Waals surface area contributed by atoms with Gasteiger partial charge in [-0.2, -0.15) is 5.10 Å². The lowest BCUT2D eigenvalue weighted by Crippen LogP contribution is -2.44. The van der Waals surface area contributed by atoms with Crippen molar-refractivity contribution >= 4 is 35.6 Å². The lowest BCUT2D eigenvalue weighted by Gasteiger charge is -2.20. The predicted molar refractivity (Wildman–Crippen MR) is 127 cm³/mol. The van der Waals surface area contributed by atoms with Crippen LogP contribution < -0.4 is 15.5 Å². The maximum atomic E-state index is 4.38. The molecule has 1 fully saturated rings. The van der Waals surface area contributed by atoms with E-state index in [1.807, 2.05) is 24.4 Å². The van der Waals surface area contributed by atoms with Crippen LogP contribution in [0.15, 0.2) is 72.1 Å². The fourth-order valence-electron chi connectivity index (χ4n) is 3.43. The lowest BCUT2D eigenvalue weighted by molar-refractivity contribution is 0.648. The first kappa shape index (κ1) is 21.1. The zero-order valence-electron chi connectivity index (χ0n) is 16.4. The zero-order chi connectivity index (χ0) is 19.2. The van der Waals surface area contributed by atoms with Crippen LogP contribution in [0.5, 0.6) is 0 Å². The first-order valence-corrected chi connectivity index (χ1v) is 9.54. The zero-order valence-corrected chi connectivity index (χ0v) is 18.7. The Morgan fingerprint density at radius 3 is 2.79 bits per heavy atom. The van der Waals surface area contributed by atoms with Crippen molar-refractivity contribution in [3.05, 3.63) is 72.7 Å². The van der Waals surface area contributed by atoms with Gasteiger partial charge in [-0.25, -0.2) is 9.67 Å². The minimum atomic E-state index is 0. The summed E-state index contributed by atoms with van der Waals surface area (Å²) in [5, 5.41) is 11.2. The minimum absolute atomic E-state index is 0. The van der Waals surface area contributed by atoms with E-state index in [1.165, 1.54) is 5.69 Å². The minimum Gasteiger partial charge on any atom is -0.369 e. The number of pyridine rings is 1. The quantitative estimate of drug-likeness (QED) is 0.319. The number of halogens is 1. The molecule has 1 atom stereocenters. The van der Waals surface area contributed by atoms with Gasteiger partial charge >= 0.3 is 0 Å². The average Bonchev–Trinajstić information content (AvgIpc) is 3.44. The highest BCUT2D eigenvalue weighted by Gasteiger charge is 2.23. The third-order valence-corrected chi connectivity index (χ3v) is 4.88. The molecule has 1 unspecified atom stereocenters. The number of hydrogen-bond donors (Lipinski definition) is 2. The van der Waals surface area contributed by atoms with Gasteiger partial charge in [-0.3, -0.25) is 4.99 Å². The number of para-hydroxylation sites is 1. The highest BCUT2D eigenvalue weighted by atomic mass is 127. The van der Waals surface area contributed by atoms with Crippen molar-refractivity contribution in [2.24, 2.45) is 4.99 Å². The van der Waals surface area contributed by atoms with Crippen LogP contribution in [0.25, 0.3) is 5.82 Å². The number of aliphatic imine (C=N–C) groups is 1. The number of nitrogens with zero attached hydrogens (tertiary/aromatic N) is 5. The summed E-state index contributed by atoms with van der Waals surface area (Å²) in [7, 11) is 1.81. The van der Waals surface area contributed by atoms with E-state index in [2.05, 4.69) is 60.9 Å². The summed E-state index contributed by atoms with van der Waals surface area (Å²) in [5.41, 5.74) is 2.40. The largest absolute Gasteiger partial charge is 0.369 e. The van der Waals surface area contributed by atoms with Crippen LogP contribution in [-0.2, 0) is 6.54 Å².